The van der Waals surface area contributed by atoms with Gasteiger partial charge in [-0.25, -0.2) is 0 Å². The van der Waals surface area contributed by atoms with Gasteiger partial charge in [-0.3, -0.25) is 14.4 Å². The minimum Gasteiger partial charge on any atom is -0.469 e. The molecule has 1 saturated heterocycles. The first-order valence-electron chi connectivity index (χ1n) is 7.28. The number of methoxy groups -OCH3 is 1. The second kappa shape index (κ2) is 7.46. The molecule has 124 valence electrons. The fraction of sp³-hybridized carbons (Fsp3) is 0.438. The molecule has 1 aliphatic rings. The fourth-order valence-corrected chi connectivity index (χ4v) is 2.84. The molecule has 0 spiro atoms. The Kier molecular flexibility index (Phi) is 5.60. The highest BCUT2D eigenvalue weighted by Crippen LogP contribution is 2.26. The SMILES string of the molecule is COC(=O)CC(NC(=O)C1CC(=O)N(C)C1)c1ccccc1Cl. The Morgan fingerprint density at radius 1 is 1.43 bits per heavy atom. The van der Waals surface area contributed by atoms with Crippen LogP contribution in [0.5, 0.6) is 0 Å². The van der Waals surface area contributed by atoms with E-state index in [0.29, 0.717) is 17.1 Å². The molecule has 0 bridgehead atoms. The lowest BCUT2D eigenvalue weighted by Gasteiger charge is -2.21. The van der Waals surface area contributed by atoms with Gasteiger partial charge in [0.25, 0.3) is 0 Å². The molecule has 1 heterocycles. The van der Waals surface area contributed by atoms with Crippen LogP contribution in [0, 0.1) is 5.92 Å². The molecule has 0 aliphatic carbocycles. The number of carbonyl (C=O) groups is 3. The normalized spacial score (nSPS) is 18.7. The number of hydrogen-bond acceptors (Lipinski definition) is 4. The molecule has 6 nitrogen and oxygen atoms in total. The Bertz CT molecular complexity index is 620. The Labute approximate surface area is 139 Å². The molecule has 7 heteroatoms. The van der Waals surface area contributed by atoms with Crippen LogP contribution in [-0.4, -0.2) is 43.4 Å². The van der Waals surface area contributed by atoms with Crippen molar-refractivity contribution in [2.24, 2.45) is 5.92 Å². The Morgan fingerprint density at radius 3 is 2.70 bits per heavy atom. The van der Waals surface area contributed by atoms with Crippen molar-refractivity contribution in [2.45, 2.75) is 18.9 Å². The number of nitrogens with one attached hydrogen (secondary N) is 1. The first-order chi connectivity index (χ1) is 10.9. The van der Waals surface area contributed by atoms with Crippen LogP contribution in [0.2, 0.25) is 5.02 Å². The molecule has 0 saturated carbocycles. The predicted octanol–water partition coefficient (Wildman–Crippen LogP) is 1.54. The molecular formula is C16H19ClN2O4. The number of carbonyl (C=O) groups excluding carboxylic acids is 3. The van der Waals surface area contributed by atoms with Gasteiger partial charge in [-0.1, -0.05) is 29.8 Å². The van der Waals surface area contributed by atoms with E-state index in [4.69, 9.17) is 11.6 Å². The van der Waals surface area contributed by atoms with Crippen LogP contribution < -0.4 is 5.32 Å². The van der Waals surface area contributed by atoms with Crippen molar-refractivity contribution in [3.05, 3.63) is 34.9 Å². The first-order valence-corrected chi connectivity index (χ1v) is 7.65. The lowest BCUT2D eigenvalue weighted by molar-refractivity contribution is -0.141. The van der Waals surface area contributed by atoms with E-state index in [2.05, 4.69) is 10.1 Å². The van der Waals surface area contributed by atoms with Gasteiger partial charge in [0.05, 0.1) is 25.5 Å². The molecule has 2 rings (SSSR count). The molecule has 1 aromatic carbocycles. The van der Waals surface area contributed by atoms with Crippen molar-refractivity contribution in [3.8, 4) is 0 Å². The lowest BCUT2D eigenvalue weighted by atomic mass is 10.0. The number of benzene rings is 1. The van der Waals surface area contributed by atoms with Crippen LogP contribution in [0.4, 0.5) is 0 Å². The average Bonchev–Trinajstić information content (AvgIpc) is 2.86. The fourth-order valence-electron chi connectivity index (χ4n) is 2.58. The van der Waals surface area contributed by atoms with Crippen molar-refractivity contribution in [1.29, 1.82) is 0 Å². The highest BCUT2D eigenvalue weighted by Gasteiger charge is 2.33. The maximum atomic E-state index is 12.4. The number of halogens is 1. The van der Waals surface area contributed by atoms with E-state index in [1.165, 1.54) is 12.0 Å². The molecule has 0 aromatic heterocycles. The van der Waals surface area contributed by atoms with Gasteiger partial charge >= 0.3 is 5.97 Å². The standard InChI is InChI=1S/C16H19ClN2O4/c1-19-9-10(7-14(19)20)16(22)18-13(8-15(21)23-2)11-5-3-4-6-12(11)17/h3-6,10,13H,7-9H2,1-2H3,(H,18,22). The van der Waals surface area contributed by atoms with Crippen LogP contribution in [-0.2, 0) is 19.1 Å². The van der Waals surface area contributed by atoms with Crippen LogP contribution >= 0.6 is 11.6 Å². The van der Waals surface area contributed by atoms with E-state index in [-0.39, 0.29) is 24.7 Å². The molecule has 0 radical (unpaired) electrons. The zero-order chi connectivity index (χ0) is 17.0. The highest BCUT2D eigenvalue weighted by molar-refractivity contribution is 6.31. The zero-order valence-electron chi connectivity index (χ0n) is 13.0. The number of amides is 2. The molecule has 2 unspecified atom stereocenters. The number of rotatable bonds is 5. The summed E-state index contributed by atoms with van der Waals surface area (Å²) < 4.78 is 4.69. The predicted molar refractivity (Wildman–Crippen MR) is 84.7 cm³/mol. The van der Waals surface area contributed by atoms with Gasteiger partial charge < -0.3 is 15.0 Å². The summed E-state index contributed by atoms with van der Waals surface area (Å²) in [4.78, 5) is 37.1. The van der Waals surface area contributed by atoms with E-state index >= 15 is 0 Å². The van der Waals surface area contributed by atoms with Crippen molar-refractivity contribution < 1.29 is 19.1 Å². The van der Waals surface area contributed by atoms with Gasteiger partial charge in [0.2, 0.25) is 11.8 Å². The largest absolute Gasteiger partial charge is 0.469 e. The van der Waals surface area contributed by atoms with Gasteiger partial charge in [0, 0.05) is 25.0 Å². The summed E-state index contributed by atoms with van der Waals surface area (Å²) in [7, 11) is 2.95. The summed E-state index contributed by atoms with van der Waals surface area (Å²) >= 11 is 6.17. The van der Waals surface area contributed by atoms with Crippen LogP contribution in [0.3, 0.4) is 0 Å². The Balaban J connectivity index is 2.15. The number of hydrogen-bond donors (Lipinski definition) is 1. The molecule has 1 aliphatic heterocycles. The minimum absolute atomic E-state index is 0.0253. The monoisotopic (exact) mass is 338 g/mol. The van der Waals surface area contributed by atoms with E-state index < -0.39 is 17.9 Å². The van der Waals surface area contributed by atoms with Gasteiger partial charge in [-0.2, -0.15) is 0 Å². The van der Waals surface area contributed by atoms with E-state index in [9.17, 15) is 14.4 Å². The summed E-state index contributed by atoms with van der Waals surface area (Å²) in [5.74, 6) is -1.20. The van der Waals surface area contributed by atoms with E-state index in [1.54, 1.807) is 31.3 Å². The number of nitrogens with zero attached hydrogens (tertiary/aromatic N) is 1. The topological polar surface area (TPSA) is 75.7 Å². The number of ether oxygens (including phenoxy) is 1. The third-order valence-corrected chi connectivity index (χ3v) is 4.25. The van der Waals surface area contributed by atoms with Crippen molar-refractivity contribution in [1.82, 2.24) is 10.2 Å². The summed E-state index contributed by atoms with van der Waals surface area (Å²) in [5, 5.41) is 3.28. The molecule has 2 atom stereocenters. The molecular weight excluding hydrogens is 320 g/mol. The number of esters is 1. The van der Waals surface area contributed by atoms with E-state index in [0.717, 1.165) is 0 Å². The maximum Gasteiger partial charge on any atom is 0.307 e. The van der Waals surface area contributed by atoms with Crippen LogP contribution in [0.25, 0.3) is 0 Å². The summed E-state index contributed by atoms with van der Waals surface area (Å²) in [6.45, 7) is 0.373. The van der Waals surface area contributed by atoms with Gasteiger partial charge in [0.15, 0.2) is 0 Å². The minimum atomic E-state index is -0.593. The lowest BCUT2D eigenvalue weighted by Crippen LogP contribution is -2.36. The maximum absolute atomic E-state index is 12.4. The quantitative estimate of drug-likeness (QED) is 0.826. The summed E-state index contributed by atoms with van der Waals surface area (Å²) in [6, 6.07) is 6.41. The van der Waals surface area contributed by atoms with Crippen molar-refractivity contribution >= 4 is 29.4 Å². The van der Waals surface area contributed by atoms with Crippen molar-refractivity contribution in [2.75, 3.05) is 20.7 Å². The Hall–Kier alpha value is -2.08. The van der Waals surface area contributed by atoms with E-state index in [1.807, 2.05) is 0 Å². The second-order valence-corrected chi connectivity index (χ2v) is 5.95. The highest BCUT2D eigenvalue weighted by atomic mass is 35.5. The first kappa shape index (κ1) is 17.3. The van der Waals surface area contributed by atoms with Gasteiger partial charge in [-0.15, -0.1) is 0 Å². The van der Waals surface area contributed by atoms with Gasteiger partial charge in [-0.05, 0) is 11.6 Å². The molecule has 1 fully saturated rings. The zero-order valence-corrected chi connectivity index (χ0v) is 13.8. The third kappa shape index (κ3) is 4.22. The summed E-state index contributed by atoms with van der Waals surface area (Å²) in [6.07, 6.45) is 0.151. The second-order valence-electron chi connectivity index (χ2n) is 5.54. The third-order valence-electron chi connectivity index (χ3n) is 3.91. The molecule has 2 amide bonds. The van der Waals surface area contributed by atoms with Crippen LogP contribution in [0.1, 0.15) is 24.4 Å². The average molecular weight is 339 g/mol. The molecule has 1 N–H and O–H groups in total. The number of likely N-dealkylation sites (tertiary alicyclic amines) is 1. The van der Waals surface area contributed by atoms with Crippen molar-refractivity contribution in [3.63, 3.8) is 0 Å². The smallest absolute Gasteiger partial charge is 0.307 e. The van der Waals surface area contributed by atoms with Gasteiger partial charge in [0.1, 0.15) is 0 Å². The van der Waals surface area contributed by atoms with Crippen LogP contribution in [0.15, 0.2) is 24.3 Å². The molecule has 23 heavy (non-hydrogen) atoms. The Morgan fingerprint density at radius 2 is 2.13 bits per heavy atom. The molecule has 1 aromatic rings. The summed E-state index contributed by atoms with van der Waals surface area (Å²) in [5.41, 5.74) is 0.644.